The topological polar surface area (TPSA) is 54.0 Å². The average Bonchev–Trinajstić information content (AvgIpc) is 2.22. The van der Waals surface area contributed by atoms with Crippen molar-refractivity contribution in [2.45, 2.75) is 25.5 Å². The molecular weight excluding hydrogens is 220 g/mol. The Morgan fingerprint density at radius 3 is 2.71 bits per heavy atom. The van der Waals surface area contributed by atoms with Gasteiger partial charge in [0.1, 0.15) is 0 Å². The minimum atomic E-state index is -0.404. The van der Waals surface area contributed by atoms with Gasteiger partial charge in [-0.25, -0.2) is 0 Å². The van der Waals surface area contributed by atoms with Crippen molar-refractivity contribution in [1.82, 2.24) is 10.2 Å². The van der Waals surface area contributed by atoms with E-state index < -0.39 is 6.10 Å². The number of nitrogens with one attached hydrogen (secondary N) is 1. The smallest absolute Gasteiger partial charge is 0.0900 e. The maximum Gasteiger partial charge on any atom is 0.0900 e. The van der Waals surface area contributed by atoms with Gasteiger partial charge in [0.2, 0.25) is 0 Å². The zero-order valence-corrected chi connectivity index (χ0v) is 11.0. The fourth-order valence-corrected chi connectivity index (χ4v) is 1.93. The van der Waals surface area contributed by atoms with E-state index in [0.717, 1.165) is 26.1 Å². The van der Waals surface area contributed by atoms with Gasteiger partial charge in [-0.2, -0.15) is 0 Å². The zero-order chi connectivity index (χ0) is 12.5. The standard InChI is InChI=1S/C12H26N2O3/c1-3-4-14(11-7-13-8-11)9-12(15)10-17-6-5-16-2/h11-13,15H,3-10H2,1-2H3. The lowest BCUT2D eigenvalue weighted by molar-refractivity contribution is -0.0103. The van der Waals surface area contributed by atoms with Gasteiger partial charge in [0.25, 0.3) is 0 Å². The Morgan fingerprint density at radius 1 is 1.41 bits per heavy atom. The number of aliphatic hydroxyl groups excluding tert-OH is 1. The van der Waals surface area contributed by atoms with Gasteiger partial charge in [0.05, 0.1) is 25.9 Å². The lowest BCUT2D eigenvalue weighted by Crippen LogP contribution is -2.58. The van der Waals surface area contributed by atoms with E-state index in [1.807, 2.05) is 0 Å². The lowest BCUT2D eigenvalue weighted by Gasteiger charge is -2.39. The molecule has 1 saturated heterocycles. The van der Waals surface area contributed by atoms with Gasteiger partial charge in [-0.05, 0) is 13.0 Å². The summed E-state index contributed by atoms with van der Waals surface area (Å²) < 4.78 is 10.2. The number of nitrogens with zero attached hydrogens (tertiary/aromatic N) is 1. The second kappa shape index (κ2) is 8.83. The third-order valence-electron chi connectivity index (χ3n) is 2.97. The van der Waals surface area contributed by atoms with Crippen LogP contribution >= 0.6 is 0 Å². The van der Waals surface area contributed by atoms with Gasteiger partial charge < -0.3 is 19.9 Å². The molecule has 0 bridgehead atoms. The molecule has 0 aromatic carbocycles. The largest absolute Gasteiger partial charge is 0.389 e. The Kier molecular flexibility index (Phi) is 7.72. The fraction of sp³-hybridized carbons (Fsp3) is 1.00. The van der Waals surface area contributed by atoms with Gasteiger partial charge in [0, 0.05) is 32.8 Å². The zero-order valence-electron chi connectivity index (χ0n) is 11.0. The van der Waals surface area contributed by atoms with Crippen LogP contribution < -0.4 is 5.32 Å². The summed E-state index contributed by atoms with van der Waals surface area (Å²) >= 11 is 0. The van der Waals surface area contributed by atoms with E-state index in [0.29, 0.717) is 32.4 Å². The summed E-state index contributed by atoms with van der Waals surface area (Å²) in [7, 11) is 1.65. The van der Waals surface area contributed by atoms with Crippen molar-refractivity contribution in [1.29, 1.82) is 0 Å². The van der Waals surface area contributed by atoms with Crippen LogP contribution in [0.15, 0.2) is 0 Å². The summed E-state index contributed by atoms with van der Waals surface area (Å²) in [5.41, 5.74) is 0. The van der Waals surface area contributed by atoms with Gasteiger partial charge in [-0.1, -0.05) is 6.92 Å². The van der Waals surface area contributed by atoms with Crippen LogP contribution in [0.5, 0.6) is 0 Å². The van der Waals surface area contributed by atoms with E-state index in [4.69, 9.17) is 9.47 Å². The highest BCUT2D eigenvalue weighted by atomic mass is 16.5. The van der Waals surface area contributed by atoms with E-state index in [1.165, 1.54) is 0 Å². The second-order valence-electron chi connectivity index (χ2n) is 4.53. The molecule has 1 fully saturated rings. The van der Waals surface area contributed by atoms with Crippen LogP contribution in [0, 0.1) is 0 Å². The summed E-state index contributed by atoms with van der Waals surface area (Å²) in [5.74, 6) is 0. The molecule has 0 aromatic rings. The number of rotatable bonds is 10. The normalized spacial score (nSPS) is 18.4. The first-order valence-corrected chi connectivity index (χ1v) is 6.47. The molecule has 0 radical (unpaired) electrons. The maximum absolute atomic E-state index is 9.89. The number of aliphatic hydroxyl groups is 1. The van der Waals surface area contributed by atoms with Crippen molar-refractivity contribution in [2.75, 3.05) is 53.1 Å². The Hall–Kier alpha value is -0.200. The molecule has 1 rings (SSSR count). The van der Waals surface area contributed by atoms with Crippen molar-refractivity contribution in [3.8, 4) is 0 Å². The molecule has 0 spiro atoms. The number of ether oxygens (including phenoxy) is 2. The molecule has 0 aromatic heterocycles. The first kappa shape index (κ1) is 14.9. The summed E-state index contributed by atoms with van der Waals surface area (Å²) in [4.78, 5) is 2.35. The van der Waals surface area contributed by atoms with Crippen LogP contribution in [0.1, 0.15) is 13.3 Å². The Balaban J connectivity index is 2.14. The monoisotopic (exact) mass is 246 g/mol. The minimum absolute atomic E-state index is 0.393. The van der Waals surface area contributed by atoms with Crippen molar-refractivity contribution < 1.29 is 14.6 Å². The first-order chi connectivity index (χ1) is 8.27. The first-order valence-electron chi connectivity index (χ1n) is 6.47. The SMILES string of the molecule is CCCN(CC(O)COCCOC)C1CNC1. The molecule has 1 atom stereocenters. The molecule has 1 aliphatic rings. The number of hydrogen-bond acceptors (Lipinski definition) is 5. The minimum Gasteiger partial charge on any atom is -0.389 e. The predicted octanol–water partition coefficient (Wildman–Crippen LogP) is -0.306. The Labute approximate surface area is 104 Å². The average molecular weight is 246 g/mol. The lowest BCUT2D eigenvalue weighted by atomic mass is 10.1. The third kappa shape index (κ3) is 5.79. The number of hydrogen-bond donors (Lipinski definition) is 2. The highest BCUT2D eigenvalue weighted by Gasteiger charge is 2.25. The van der Waals surface area contributed by atoms with E-state index >= 15 is 0 Å². The summed E-state index contributed by atoms with van der Waals surface area (Å²) in [6.45, 7) is 7.51. The molecule has 2 N–H and O–H groups in total. The van der Waals surface area contributed by atoms with Crippen LogP contribution in [0.3, 0.4) is 0 Å². The van der Waals surface area contributed by atoms with Gasteiger partial charge in [-0.15, -0.1) is 0 Å². The highest BCUT2D eigenvalue weighted by molar-refractivity contribution is 4.85. The molecule has 0 amide bonds. The van der Waals surface area contributed by atoms with Crippen LogP contribution in [-0.2, 0) is 9.47 Å². The van der Waals surface area contributed by atoms with E-state index in [1.54, 1.807) is 7.11 Å². The van der Waals surface area contributed by atoms with Crippen molar-refractivity contribution in [3.63, 3.8) is 0 Å². The van der Waals surface area contributed by atoms with E-state index in [-0.39, 0.29) is 0 Å². The fourth-order valence-electron chi connectivity index (χ4n) is 1.93. The van der Waals surface area contributed by atoms with Crippen molar-refractivity contribution >= 4 is 0 Å². The molecule has 1 heterocycles. The van der Waals surface area contributed by atoms with Gasteiger partial charge >= 0.3 is 0 Å². The van der Waals surface area contributed by atoms with Crippen molar-refractivity contribution in [3.05, 3.63) is 0 Å². The molecule has 0 saturated carbocycles. The molecule has 17 heavy (non-hydrogen) atoms. The molecule has 5 nitrogen and oxygen atoms in total. The summed E-state index contributed by atoms with van der Waals surface area (Å²) in [5, 5.41) is 13.1. The predicted molar refractivity (Wildman–Crippen MR) is 67.2 cm³/mol. The van der Waals surface area contributed by atoms with Crippen LogP contribution in [0.25, 0.3) is 0 Å². The van der Waals surface area contributed by atoms with Gasteiger partial charge in [0.15, 0.2) is 0 Å². The van der Waals surface area contributed by atoms with Crippen LogP contribution in [-0.4, -0.2) is 75.3 Å². The molecule has 1 unspecified atom stereocenters. The van der Waals surface area contributed by atoms with Crippen molar-refractivity contribution in [2.24, 2.45) is 0 Å². The highest BCUT2D eigenvalue weighted by Crippen LogP contribution is 2.07. The summed E-state index contributed by atoms with van der Waals surface area (Å²) in [6.07, 6.45) is 0.715. The van der Waals surface area contributed by atoms with Crippen LogP contribution in [0.4, 0.5) is 0 Å². The van der Waals surface area contributed by atoms with E-state index in [9.17, 15) is 5.11 Å². The van der Waals surface area contributed by atoms with Crippen LogP contribution in [0.2, 0.25) is 0 Å². The van der Waals surface area contributed by atoms with Gasteiger partial charge in [-0.3, -0.25) is 4.90 Å². The molecule has 5 heteroatoms. The van der Waals surface area contributed by atoms with E-state index in [2.05, 4.69) is 17.1 Å². The Bertz CT molecular complexity index is 189. The summed E-state index contributed by atoms with van der Waals surface area (Å²) in [6, 6.07) is 0.587. The molecule has 1 aliphatic heterocycles. The molecular formula is C12H26N2O3. The molecule has 0 aliphatic carbocycles. The molecule has 102 valence electrons. The number of methoxy groups -OCH3 is 1. The Morgan fingerprint density at radius 2 is 2.18 bits per heavy atom. The third-order valence-corrected chi connectivity index (χ3v) is 2.97. The maximum atomic E-state index is 9.89. The second-order valence-corrected chi connectivity index (χ2v) is 4.53. The quantitative estimate of drug-likeness (QED) is 0.518.